The zero-order valence-corrected chi connectivity index (χ0v) is 10.9. The predicted molar refractivity (Wildman–Crippen MR) is 73.1 cm³/mol. The first-order chi connectivity index (χ1) is 9.15. The lowest BCUT2D eigenvalue weighted by Gasteiger charge is -2.15. The first-order valence-electron chi connectivity index (χ1n) is 6.00. The molecule has 4 heteroatoms. The van der Waals surface area contributed by atoms with Gasteiger partial charge >= 0.3 is 0 Å². The second-order valence-corrected chi connectivity index (χ2v) is 5.00. The zero-order valence-electron chi connectivity index (χ0n) is 10.1. The number of carbonyl (C=O) groups is 1. The molecular formula is C15H12ClNO2. The van der Waals surface area contributed by atoms with Crippen LogP contribution in [0.25, 0.3) is 0 Å². The van der Waals surface area contributed by atoms with Crippen molar-refractivity contribution in [3.05, 3.63) is 64.2 Å². The molecule has 96 valence electrons. The summed E-state index contributed by atoms with van der Waals surface area (Å²) in [5.74, 6) is -0.0824. The number of amides is 1. The van der Waals surface area contributed by atoms with E-state index in [0.29, 0.717) is 18.7 Å². The smallest absolute Gasteiger partial charge is 0.254 e. The number of phenols is 1. The van der Waals surface area contributed by atoms with E-state index in [2.05, 4.69) is 0 Å². The first kappa shape index (κ1) is 12.1. The van der Waals surface area contributed by atoms with E-state index in [1.54, 1.807) is 11.0 Å². The number of hydrogen-bond donors (Lipinski definition) is 1. The maximum Gasteiger partial charge on any atom is 0.254 e. The highest BCUT2D eigenvalue weighted by Crippen LogP contribution is 2.27. The zero-order chi connectivity index (χ0) is 13.4. The normalized spacial score (nSPS) is 13.4. The van der Waals surface area contributed by atoms with Gasteiger partial charge in [0.25, 0.3) is 5.91 Å². The minimum absolute atomic E-state index is 0.0112. The standard InChI is InChI=1S/C15H12ClNO2/c16-13-7-10(5-6-14(13)18)15(19)17-8-11-3-1-2-4-12(11)9-17/h1-7,18H,8-9H2. The number of benzene rings is 2. The molecule has 3 nitrogen and oxygen atoms in total. The number of aromatic hydroxyl groups is 1. The molecule has 0 atom stereocenters. The van der Waals surface area contributed by atoms with Crippen LogP contribution in [-0.2, 0) is 13.1 Å². The molecule has 19 heavy (non-hydrogen) atoms. The number of halogens is 1. The molecule has 0 radical (unpaired) electrons. The number of fused-ring (bicyclic) bond motifs is 1. The van der Waals surface area contributed by atoms with Crippen LogP contribution in [0.1, 0.15) is 21.5 Å². The van der Waals surface area contributed by atoms with Gasteiger partial charge in [0.1, 0.15) is 5.75 Å². The van der Waals surface area contributed by atoms with Crippen molar-refractivity contribution in [1.82, 2.24) is 4.90 Å². The second-order valence-electron chi connectivity index (χ2n) is 4.60. The van der Waals surface area contributed by atoms with Crippen molar-refractivity contribution in [2.24, 2.45) is 0 Å². The molecule has 0 bridgehead atoms. The number of phenolic OH excluding ortho intramolecular Hbond substituents is 1. The highest BCUT2D eigenvalue weighted by Gasteiger charge is 2.24. The van der Waals surface area contributed by atoms with Gasteiger partial charge in [-0.2, -0.15) is 0 Å². The van der Waals surface area contributed by atoms with Gasteiger partial charge in [0.05, 0.1) is 5.02 Å². The molecule has 0 fully saturated rings. The van der Waals surface area contributed by atoms with Crippen molar-refractivity contribution in [3.8, 4) is 5.75 Å². The molecule has 0 spiro atoms. The van der Waals surface area contributed by atoms with Gasteiger partial charge in [0.15, 0.2) is 0 Å². The molecule has 1 aliphatic rings. The highest BCUT2D eigenvalue weighted by molar-refractivity contribution is 6.32. The Balaban J connectivity index is 1.85. The van der Waals surface area contributed by atoms with Gasteiger partial charge in [-0.1, -0.05) is 35.9 Å². The van der Waals surface area contributed by atoms with Crippen molar-refractivity contribution in [3.63, 3.8) is 0 Å². The number of rotatable bonds is 1. The van der Waals surface area contributed by atoms with Crippen LogP contribution >= 0.6 is 11.6 Å². The summed E-state index contributed by atoms with van der Waals surface area (Å²) in [6.07, 6.45) is 0. The van der Waals surface area contributed by atoms with Crippen molar-refractivity contribution >= 4 is 17.5 Å². The second kappa shape index (κ2) is 4.59. The molecule has 1 heterocycles. The van der Waals surface area contributed by atoms with Gasteiger partial charge in [-0.3, -0.25) is 4.79 Å². The Morgan fingerprint density at radius 2 is 1.74 bits per heavy atom. The third-order valence-corrected chi connectivity index (χ3v) is 3.63. The fraction of sp³-hybridized carbons (Fsp3) is 0.133. The summed E-state index contributed by atoms with van der Waals surface area (Å²) >= 11 is 5.83. The fourth-order valence-corrected chi connectivity index (χ4v) is 2.48. The largest absolute Gasteiger partial charge is 0.506 e. The van der Waals surface area contributed by atoms with Gasteiger partial charge < -0.3 is 10.0 Å². The van der Waals surface area contributed by atoms with E-state index in [0.717, 1.165) is 0 Å². The Bertz CT molecular complexity index is 629. The van der Waals surface area contributed by atoms with Crippen LogP contribution in [-0.4, -0.2) is 15.9 Å². The summed E-state index contributed by atoms with van der Waals surface area (Å²) in [5.41, 5.74) is 2.86. The molecule has 1 aliphatic heterocycles. The molecule has 0 aromatic heterocycles. The van der Waals surface area contributed by atoms with E-state index in [4.69, 9.17) is 11.6 Å². The van der Waals surface area contributed by atoms with E-state index in [1.807, 2.05) is 24.3 Å². The molecule has 2 aromatic carbocycles. The maximum atomic E-state index is 12.4. The Kier molecular flexibility index (Phi) is 2.91. The molecule has 1 amide bonds. The van der Waals surface area contributed by atoms with Crippen LogP contribution in [0.4, 0.5) is 0 Å². The summed E-state index contributed by atoms with van der Waals surface area (Å²) in [4.78, 5) is 14.1. The van der Waals surface area contributed by atoms with Gasteiger partial charge in [0, 0.05) is 18.7 Å². The summed E-state index contributed by atoms with van der Waals surface area (Å²) in [5, 5.41) is 9.57. The fourth-order valence-electron chi connectivity index (χ4n) is 2.30. The van der Waals surface area contributed by atoms with Crippen LogP contribution < -0.4 is 0 Å². The maximum absolute atomic E-state index is 12.4. The Labute approximate surface area is 116 Å². The molecule has 2 aromatic rings. The Morgan fingerprint density at radius 1 is 1.11 bits per heavy atom. The molecule has 0 unspecified atom stereocenters. The monoisotopic (exact) mass is 273 g/mol. The van der Waals surface area contributed by atoms with Crippen molar-refractivity contribution in [1.29, 1.82) is 0 Å². The van der Waals surface area contributed by atoms with Crippen molar-refractivity contribution in [2.75, 3.05) is 0 Å². The summed E-state index contributed by atoms with van der Waals surface area (Å²) in [7, 11) is 0. The van der Waals surface area contributed by atoms with Crippen LogP contribution in [0.5, 0.6) is 5.75 Å². The van der Waals surface area contributed by atoms with E-state index in [9.17, 15) is 9.90 Å². The molecule has 0 saturated carbocycles. The van der Waals surface area contributed by atoms with E-state index in [1.165, 1.54) is 23.3 Å². The van der Waals surface area contributed by atoms with E-state index >= 15 is 0 Å². The average Bonchev–Trinajstić information content (AvgIpc) is 2.85. The van der Waals surface area contributed by atoms with Crippen molar-refractivity contribution < 1.29 is 9.90 Å². The first-order valence-corrected chi connectivity index (χ1v) is 6.37. The average molecular weight is 274 g/mol. The van der Waals surface area contributed by atoms with Crippen LogP contribution in [0.2, 0.25) is 5.02 Å². The van der Waals surface area contributed by atoms with E-state index in [-0.39, 0.29) is 16.7 Å². The Morgan fingerprint density at radius 3 is 2.32 bits per heavy atom. The van der Waals surface area contributed by atoms with E-state index < -0.39 is 0 Å². The summed E-state index contributed by atoms with van der Waals surface area (Å²) in [6, 6.07) is 12.6. The predicted octanol–water partition coefficient (Wildman–Crippen LogP) is 3.20. The molecule has 3 rings (SSSR count). The third kappa shape index (κ3) is 2.17. The van der Waals surface area contributed by atoms with Gasteiger partial charge in [-0.25, -0.2) is 0 Å². The lowest BCUT2D eigenvalue weighted by molar-refractivity contribution is 0.0751. The number of hydrogen-bond acceptors (Lipinski definition) is 2. The van der Waals surface area contributed by atoms with Crippen LogP contribution in [0, 0.1) is 0 Å². The van der Waals surface area contributed by atoms with Gasteiger partial charge in [-0.15, -0.1) is 0 Å². The van der Waals surface area contributed by atoms with Crippen LogP contribution in [0.3, 0.4) is 0 Å². The third-order valence-electron chi connectivity index (χ3n) is 3.32. The minimum Gasteiger partial charge on any atom is -0.506 e. The quantitative estimate of drug-likeness (QED) is 0.867. The summed E-state index contributed by atoms with van der Waals surface area (Å²) < 4.78 is 0. The SMILES string of the molecule is O=C(c1ccc(O)c(Cl)c1)N1Cc2ccccc2C1. The lowest BCUT2D eigenvalue weighted by Crippen LogP contribution is -2.25. The number of nitrogens with zero attached hydrogens (tertiary/aromatic N) is 1. The summed E-state index contributed by atoms with van der Waals surface area (Å²) in [6.45, 7) is 1.24. The Hall–Kier alpha value is -2.00. The van der Waals surface area contributed by atoms with Crippen molar-refractivity contribution in [2.45, 2.75) is 13.1 Å². The van der Waals surface area contributed by atoms with Crippen LogP contribution in [0.15, 0.2) is 42.5 Å². The lowest BCUT2D eigenvalue weighted by atomic mass is 10.1. The molecule has 1 N–H and O–H groups in total. The molecular weight excluding hydrogens is 262 g/mol. The number of carbonyl (C=O) groups excluding carboxylic acids is 1. The van der Waals surface area contributed by atoms with Gasteiger partial charge in [-0.05, 0) is 29.3 Å². The molecule has 0 saturated heterocycles. The molecule has 0 aliphatic carbocycles. The van der Waals surface area contributed by atoms with Gasteiger partial charge in [0.2, 0.25) is 0 Å². The minimum atomic E-state index is -0.0712. The highest BCUT2D eigenvalue weighted by atomic mass is 35.5. The topological polar surface area (TPSA) is 40.5 Å².